The first-order valence-corrected chi connectivity index (χ1v) is 7.27. The zero-order chi connectivity index (χ0) is 16.3. The first-order valence-electron chi connectivity index (χ1n) is 7.27. The van der Waals surface area contributed by atoms with Crippen molar-refractivity contribution in [2.75, 3.05) is 0 Å². The lowest BCUT2D eigenvalue weighted by atomic mass is 10.0. The number of hydrogen-bond acceptors (Lipinski definition) is 3. The molecule has 0 spiro atoms. The summed E-state index contributed by atoms with van der Waals surface area (Å²) >= 11 is 0. The Hall–Kier alpha value is -2.34. The Kier molecular flexibility index (Phi) is 4.82. The number of nitrogens with zero attached hydrogens (tertiary/aromatic N) is 2. The van der Waals surface area contributed by atoms with Gasteiger partial charge in [-0.25, -0.2) is 4.79 Å². The third-order valence-corrected chi connectivity index (χ3v) is 3.61. The lowest BCUT2D eigenvalue weighted by Gasteiger charge is -2.12. The summed E-state index contributed by atoms with van der Waals surface area (Å²) in [7, 11) is 0. The monoisotopic (exact) mass is 303 g/mol. The molecule has 1 unspecified atom stereocenters. The molecular weight excluding hydrogens is 282 g/mol. The summed E-state index contributed by atoms with van der Waals surface area (Å²) < 4.78 is 3.21. The fourth-order valence-corrected chi connectivity index (χ4v) is 2.33. The second kappa shape index (κ2) is 6.62. The molecule has 2 rings (SSSR count). The van der Waals surface area contributed by atoms with E-state index in [4.69, 9.17) is 10.8 Å². The fourth-order valence-electron chi connectivity index (χ4n) is 2.33. The van der Waals surface area contributed by atoms with E-state index in [9.17, 15) is 9.59 Å². The lowest BCUT2D eigenvalue weighted by Crippen LogP contribution is -2.24. The molecule has 3 N–H and O–H groups in total. The van der Waals surface area contributed by atoms with Crippen molar-refractivity contribution in [1.29, 1.82) is 0 Å². The smallest absolute Gasteiger partial charge is 0.332 e. The Morgan fingerprint density at radius 1 is 1.32 bits per heavy atom. The molecule has 22 heavy (non-hydrogen) atoms. The molecular formula is C16H21N3O3. The molecule has 0 aliphatic rings. The first-order chi connectivity index (χ1) is 10.4. The van der Waals surface area contributed by atoms with Crippen LogP contribution in [0.3, 0.4) is 0 Å². The van der Waals surface area contributed by atoms with E-state index in [-0.39, 0.29) is 24.2 Å². The zero-order valence-corrected chi connectivity index (χ0v) is 12.8. The van der Waals surface area contributed by atoms with E-state index in [0.29, 0.717) is 6.42 Å². The molecule has 2 aromatic rings. The van der Waals surface area contributed by atoms with E-state index in [1.807, 2.05) is 38.1 Å². The molecule has 0 bridgehead atoms. The van der Waals surface area contributed by atoms with Gasteiger partial charge < -0.3 is 10.8 Å². The van der Waals surface area contributed by atoms with E-state index < -0.39 is 5.97 Å². The summed E-state index contributed by atoms with van der Waals surface area (Å²) in [5.74, 6) is -0.864. The largest absolute Gasteiger partial charge is 0.481 e. The van der Waals surface area contributed by atoms with Crippen LogP contribution in [0.25, 0.3) is 5.69 Å². The van der Waals surface area contributed by atoms with Crippen LogP contribution in [-0.2, 0) is 4.79 Å². The van der Waals surface area contributed by atoms with Crippen molar-refractivity contribution in [3.05, 3.63) is 52.7 Å². The third-order valence-electron chi connectivity index (χ3n) is 3.61. The van der Waals surface area contributed by atoms with Gasteiger partial charge in [0.1, 0.15) is 0 Å². The van der Waals surface area contributed by atoms with Crippen molar-refractivity contribution in [2.45, 2.75) is 38.8 Å². The number of aliphatic carboxylic acids is 1. The van der Waals surface area contributed by atoms with Gasteiger partial charge in [-0.2, -0.15) is 0 Å². The highest BCUT2D eigenvalue weighted by atomic mass is 16.4. The first kappa shape index (κ1) is 16.0. The molecule has 1 atom stereocenters. The van der Waals surface area contributed by atoms with Gasteiger partial charge in [0.25, 0.3) is 0 Å². The van der Waals surface area contributed by atoms with Gasteiger partial charge >= 0.3 is 11.7 Å². The minimum Gasteiger partial charge on any atom is -0.481 e. The Labute approximate surface area is 128 Å². The second-order valence-corrected chi connectivity index (χ2v) is 5.59. The lowest BCUT2D eigenvalue weighted by molar-refractivity contribution is -0.137. The molecule has 0 radical (unpaired) electrons. The number of rotatable bonds is 6. The molecule has 1 heterocycles. The van der Waals surface area contributed by atoms with Crippen molar-refractivity contribution in [3.8, 4) is 5.69 Å². The van der Waals surface area contributed by atoms with Crippen LogP contribution in [0, 0.1) is 0 Å². The predicted octanol–water partition coefficient (Wildman–Crippen LogP) is 2.08. The number of aromatic nitrogens is 2. The van der Waals surface area contributed by atoms with Gasteiger partial charge in [0.2, 0.25) is 0 Å². The summed E-state index contributed by atoms with van der Waals surface area (Å²) in [5, 5.41) is 8.73. The van der Waals surface area contributed by atoms with Gasteiger partial charge in [-0.3, -0.25) is 13.9 Å². The maximum Gasteiger partial charge on any atom is 0.332 e. The molecule has 0 saturated carbocycles. The maximum absolute atomic E-state index is 12.3. The normalized spacial score (nSPS) is 12.5. The second-order valence-electron chi connectivity index (χ2n) is 5.59. The molecule has 1 aromatic heterocycles. The highest BCUT2D eigenvalue weighted by Gasteiger charge is 2.12. The standard InChI is InChI=1S/C16H21N3O3/c1-11(2)18-8-9-19(16(18)22)13-5-3-4-12(10-13)14(17)6-7-15(20)21/h3-5,8-11,14H,6-7,17H2,1-2H3,(H,20,21). The van der Waals surface area contributed by atoms with Gasteiger partial charge in [-0.05, 0) is 38.0 Å². The molecule has 1 aromatic carbocycles. The van der Waals surface area contributed by atoms with Crippen LogP contribution in [0.5, 0.6) is 0 Å². The van der Waals surface area contributed by atoms with Crippen molar-refractivity contribution in [3.63, 3.8) is 0 Å². The summed E-state index contributed by atoms with van der Waals surface area (Å²) in [4.78, 5) is 23.0. The molecule has 0 fully saturated rings. The highest BCUT2D eigenvalue weighted by molar-refractivity contribution is 5.66. The van der Waals surface area contributed by atoms with Crippen LogP contribution in [0.4, 0.5) is 0 Å². The average molecular weight is 303 g/mol. The van der Waals surface area contributed by atoms with Crippen LogP contribution >= 0.6 is 0 Å². The van der Waals surface area contributed by atoms with Crippen LogP contribution in [0.15, 0.2) is 41.5 Å². The van der Waals surface area contributed by atoms with Gasteiger partial charge in [0.05, 0.1) is 5.69 Å². The molecule has 0 aliphatic heterocycles. The van der Waals surface area contributed by atoms with Gasteiger partial charge in [0.15, 0.2) is 0 Å². The molecule has 6 heteroatoms. The Balaban J connectivity index is 2.29. The van der Waals surface area contributed by atoms with Gasteiger partial charge in [0, 0.05) is 30.9 Å². The number of nitrogens with two attached hydrogens (primary N) is 1. The Bertz CT molecular complexity index is 715. The van der Waals surface area contributed by atoms with E-state index in [2.05, 4.69) is 0 Å². The Morgan fingerprint density at radius 2 is 2.05 bits per heavy atom. The minimum absolute atomic E-state index is 0.0229. The molecule has 0 aliphatic carbocycles. The maximum atomic E-state index is 12.3. The van der Waals surface area contributed by atoms with Crippen LogP contribution < -0.4 is 11.4 Å². The molecule has 0 amide bonds. The van der Waals surface area contributed by atoms with Gasteiger partial charge in [-0.1, -0.05) is 12.1 Å². The topological polar surface area (TPSA) is 90.2 Å². The van der Waals surface area contributed by atoms with E-state index in [1.165, 1.54) is 0 Å². The molecule has 0 saturated heterocycles. The van der Waals surface area contributed by atoms with Crippen LogP contribution in [0.1, 0.15) is 44.3 Å². The SMILES string of the molecule is CC(C)n1ccn(-c2cccc(C(N)CCC(=O)O)c2)c1=O. The van der Waals surface area contributed by atoms with Crippen molar-refractivity contribution in [2.24, 2.45) is 5.73 Å². The zero-order valence-electron chi connectivity index (χ0n) is 12.8. The van der Waals surface area contributed by atoms with Crippen LogP contribution in [-0.4, -0.2) is 20.2 Å². The van der Waals surface area contributed by atoms with E-state index in [0.717, 1.165) is 11.3 Å². The average Bonchev–Trinajstić information content (AvgIpc) is 2.86. The molecule has 118 valence electrons. The number of benzene rings is 1. The van der Waals surface area contributed by atoms with Crippen molar-refractivity contribution in [1.82, 2.24) is 9.13 Å². The number of imidazole rings is 1. The summed E-state index contributed by atoms with van der Waals surface area (Å²) in [6, 6.07) is 7.07. The van der Waals surface area contributed by atoms with E-state index in [1.54, 1.807) is 21.5 Å². The predicted molar refractivity (Wildman–Crippen MR) is 84.2 cm³/mol. The van der Waals surface area contributed by atoms with Crippen LogP contribution in [0.2, 0.25) is 0 Å². The Morgan fingerprint density at radius 3 is 2.64 bits per heavy atom. The number of carboxylic acids is 1. The molecule has 6 nitrogen and oxygen atoms in total. The number of carbonyl (C=O) groups is 1. The van der Waals surface area contributed by atoms with Crippen molar-refractivity contribution < 1.29 is 9.90 Å². The summed E-state index contributed by atoms with van der Waals surface area (Å²) in [6.45, 7) is 3.90. The minimum atomic E-state index is -0.864. The summed E-state index contributed by atoms with van der Waals surface area (Å²) in [6.07, 6.45) is 3.87. The number of hydrogen-bond donors (Lipinski definition) is 2. The van der Waals surface area contributed by atoms with Gasteiger partial charge in [-0.15, -0.1) is 0 Å². The van der Waals surface area contributed by atoms with Crippen molar-refractivity contribution >= 4 is 5.97 Å². The summed E-state index contributed by atoms with van der Waals surface area (Å²) in [5.41, 5.74) is 7.47. The fraction of sp³-hybridized carbons (Fsp3) is 0.375. The number of carboxylic acid groups (broad SMARTS) is 1. The highest BCUT2D eigenvalue weighted by Crippen LogP contribution is 2.19. The quantitative estimate of drug-likeness (QED) is 0.855. The van der Waals surface area contributed by atoms with E-state index >= 15 is 0 Å². The third kappa shape index (κ3) is 3.46.